The first-order chi connectivity index (χ1) is 8.97. The topological polar surface area (TPSA) is 111 Å². The predicted molar refractivity (Wildman–Crippen MR) is 67.0 cm³/mol. The first kappa shape index (κ1) is 14.6. The lowest BCUT2D eigenvalue weighted by atomic mass is 10.1. The molecule has 0 aromatic heterocycles. The van der Waals surface area contributed by atoms with Crippen molar-refractivity contribution in [1.29, 1.82) is 0 Å². The van der Waals surface area contributed by atoms with Gasteiger partial charge in [0.25, 0.3) is 5.69 Å². The maximum absolute atomic E-state index is 11.4. The molecule has 0 bridgehead atoms. The van der Waals surface area contributed by atoms with Crippen molar-refractivity contribution in [3.05, 3.63) is 33.9 Å². The van der Waals surface area contributed by atoms with Crippen molar-refractivity contribution in [3.8, 4) is 0 Å². The Bertz CT molecular complexity index is 515. The molecule has 0 atom stereocenters. The van der Waals surface area contributed by atoms with Gasteiger partial charge in [-0.15, -0.1) is 0 Å². The lowest BCUT2D eigenvalue weighted by Crippen LogP contribution is -2.25. The molecule has 0 radical (unpaired) electrons. The number of carbonyl (C=O) groups is 2. The van der Waals surface area contributed by atoms with E-state index in [1.165, 1.54) is 19.2 Å². The molecule has 1 rings (SSSR count). The van der Waals surface area contributed by atoms with Crippen LogP contribution >= 0.6 is 0 Å². The maximum atomic E-state index is 11.4. The number of nitro benzene ring substituents is 1. The predicted octanol–water partition coefficient (Wildman–Crippen LogP) is 0.539. The van der Waals surface area contributed by atoms with Crippen LogP contribution in [0.3, 0.4) is 0 Å². The fourth-order valence-electron chi connectivity index (χ4n) is 1.39. The van der Waals surface area contributed by atoms with E-state index in [2.05, 4.69) is 15.4 Å². The van der Waals surface area contributed by atoms with Crippen LogP contribution in [0.1, 0.15) is 10.4 Å². The van der Waals surface area contributed by atoms with Gasteiger partial charge in [0, 0.05) is 17.8 Å². The third-order valence-electron chi connectivity index (χ3n) is 2.17. The average molecular weight is 267 g/mol. The summed E-state index contributed by atoms with van der Waals surface area (Å²) in [7, 11) is 2.76. The number of nitro groups is 1. The molecule has 0 aliphatic heterocycles. The van der Waals surface area contributed by atoms with Gasteiger partial charge in [0.2, 0.25) is 5.91 Å². The molecular formula is C11H13N3O5. The van der Waals surface area contributed by atoms with E-state index < -0.39 is 10.9 Å². The highest BCUT2D eigenvalue weighted by atomic mass is 16.6. The van der Waals surface area contributed by atoms with E-state index in [0.29, 0.717) is 0 Å². The summed E-state index contributed by atoms with van der Waals surface area (Å²) in [6.45, 7) is 0.0518. The molecule has 102 valence electrons. The van der Waals surface area contributed by atoms with Crippen LogP contribution in [0.25, 0.3) is 0 Å². The van der Waals surface area contributed by atoms with Crippen molar-refractivity contribution in [2.45, 2.75) is 0 Å². The van der Waals surface area contributed by atoms with Gasteiger partial charge in [-0.3, -0.25) is 14.9 Å². The molecule has 1 aromatic carbocycles. The fourth-order valence-corrected chi connectivity index (χ4v) is 1.39. The van der Waals surface area contributed by atoms with Crippen molar-refractivity contribution in [2.24, 2.45) is 0 Å². The molecule has 1 amide bonds. The van der Waals surface area contributed by atoms with Crippen molar-refractivity contribution >= 4 is 23.3 Å². The number of likely N-dealkylation sites (N-methyl/N-ethyl adjacent to an activating group) is 1. The van der Waals surface area contributed by atoms with Gasteiger partial charge in [0.05, 0.1) is 24.1 Å². The van der Waals surface area contributed by atoms with E-state index in [1.54, 1.807) is 7.05 Å². The molecule has 0 spiro atoms. The molecule has 0 aliphatic carbocycles. The number of nitrogens with zero attached hydrogens (tertiary/aromatic N) is 1. The standard InChI is InChI=1S/C11H13N3O5/c1-12-6-10(15)13-8-3-7(11(16)19-2)4-9(5-8)14(17)18/h3-5,12H,6H2,1-2H3,(H,13,15). The van der Waals surface area contributed by atoms with Crippen molar-refractivity contribution < 1.29 is 19.2 Å². The molecular weight excluding hydrogens is 254 g/mol. The highest BCUT2D eigenvalue weighted by molar-refractivity contribution is 5.96. The van der Waals surface area contributed by atoms with E-state index in [-0.39, 0.29) is 29.4 Å². The largest absolute Gasteiger partial charge is 0.465 e. The van der Waals surface area contributed by atoms with Crippen molar-refractivity contribution in [3.63, 3.8) is 0 Å². The lowest BCUT2D eigenvalue weighted by Gasteiger charge is -2.06. The Morgan fingerprint density at radius 2 is 2.05 bits per heavy atom. The molecule has 0 fully saturated rings. The van der Waals surface area contributed by atoms with E-state index in [4.69, 9.17) is 0 Å². The molecule has 0 aliphatic rings. The minimum atomic E-state index is -0.715. The van der Waals surface area contributed by atoms with Gasteiger partial charge in [-0.25, -0.2) is 4.79 Å². The highest BCUT2D eigenvalue weighted by Crippen LogP contribution is 2.21. The highest BCUT2D eigenvalue weighted by Gasteiger charge is 2.15. The number of ether oxygens (including phenoxy) is 1. The third kappa shape index (κ3) is 4.03. The number of hydrogen-bond acceptors (Lipinski definition) is 6. The minimum Gasteiger partial charge on any atom is -0.465 e. The summed E-state index contributed by atoms with van der Waals surface area (Å²) in [5, 5.41) is 15.8. The number of non-ortho nitro benzene ring substituents is 1. The molecule has 0 saturated heterocycles. The Balaban J connectivity index is 3.09. The Morgan fingerprint density at radius 3 is 2.58 bits per heavy atom. The zero-order valence-corrected chi connectivity index (χ0v) is 10.4. The minimum absolute atomic E-state index is 0.00328. The van der Waals surface area contributed by atoms with Gasteiger partial charge in [0.1, 0.15) is 0 Å². The molecule has 19 heavy (non-hydrogen) atoms. The van der Waals surface area contributed by atoms with Gasteiger partial charge >= 0.3 is 5.97 Å². The molecule has 1 aromatic rings. The van der Waals surface area contributed by atoms with Crippen LogP contribution in [0.2, 0.25) is 0 Å². The molecule has 8 heteroatoms. The Labute approximate surface area is 108 Å². The number of methoxy groups -OCH3 is 1. The number of nitrogens with one attached hydrogen (secondary N) is 2. The summed E-state index contributed by atoms with van der Waals surface area (Å²) >= 11 is 0. The number of benzene rings is 1. The average Bonchev–Trinajstić information content (AvgIpc) is 2.37. The first-order valence-electron chi connectivity index (χ1n) is 5.30. The summed E-state index contributed by atoms with van der Waals surface area (Å²) < 4.78 is 4.49. The van der Waals surface area contributed by atoms with Crippen LogP contribution < -0.4 is 10.6 Å². The van der Waals surface area contributed by atoms with Crippen LogP contribution in [0, 0.1) is 10.1 Å². The number of amides is 1. The summed E-state index contributed by atoms with van der Waals surface area (Å²) in [6.07, 6.45) is 0. The second kappa shape index (κ2) is 6.45. The van der Waals surface area contributed by atoms with Crippen LogP contribution in [-0.2, 0) is 9.53 Å². The summed E-state index contributed by atoms with van der Waals surface area (Å²) in [4.78, 5) is 32.9. The summed E-state index contributed by atoms with van der Waals surface area (Å²) in [5.74, 6) is -1.09. The normalized spacial score (nSPS) is 9.79. The molecule has 0 saturated carbocycles. The maximum Gasteiger partial charge on any atom is 0.338 e. The van der Waals surface area contributed by atoms with Gasteiger partial charge in [-0.2, -0.15) is 0 Å². The zero-order valence-electron chi connectivity index (χ0n) is 10.4. The van der Waals surface area contributed by atoms with Crippen LogP contribution in [0.4, 0.5) is 11.4 Å². The van der Waals surface area contributed by atoms with Gasteiger partial charge < -0.3 is 15.4 Å². The Kier molecular flexibility index (Phi) is 4.95. The monoisotopic (exact) mass is 267 g/mol. The SMILES string of the molecule is CNCC(=O)Nc1cc(C(=O)OC)cc([N+](=O)[O-])c1. The number of carbonyl (C=O) groups excluding carboxylic acids is 2. The number of esters is 1. The van der Waals surface area contributed by atoms with Crippen LogP contribution in [0.5, 0.6) is 0 Å². The summed E-state index contributed by atoms with van der Waals surface area (Å²) in [6, 6.07) is 3.56. The van der Waals surface area contributed by atoms with E-state index >= 15 is 0 Å². The lowest BCUT2D eigenvalue weighted by molar-refractivity contribution is -0.384. The van der Waals surface area contributed by atoms with E-state index in [0.717, 1.165) is 6.07 Å². The number of anilines is 1. The summed E-state index contributed by atoms with van der Waals surface area (Å²) in [5.41, 5.74) is -0.144. The molecule has 0 unspecified atom stereocenters. The third-order valence-corrected chi connectivity index (χ3v) is 2.17. The quantitative estimate of drug-likeness (QED) is 0.457. The van der Waals surface area contributed by atoms with E-state index in [1.807, 2.05) is 0 Å². The van der Waals surface area contributed by atoms with E-state index in [9.17, 15) is 19.7 Å². The Morgan fingerprint density at radius 1 is 1.37 bits per heavy atom. The van der Waals surface area contributed by atoms with Crippen molar-refractivity contribution in [2.75, 3.05) is 26.0 Å². The fraction of sp³-hybridized carbons (Fsp3) is 0.273. The van der Waals surface area contributed by atoms with Gasteiger partial charge in [-0.05, 0) is 13.1 Å². The zero-order chi connectivity index (χ0) is 14.4. The van der Waals surface area contributed by atoms with Gasteiger partial charge in [0.15, 0.2) is 0 Å². The van der Waals surface area contributed by atoms with Crippen molar-refractivity contribution in [1.82, 2.24) is 5.32 Å². The second-order valence-electron chi connectivity index (χ2n) is 3.60. The molecule has 0 heterocycles. The first-order valence-corrected chi connectivity index (χ1v) is 5.30. The number of rotatable bonds is 5. The second-order valence-corrected chi connectivity index (χ2v) is 3.60. The smallest absolute Gasteiger partial charge is 0.338 e. The van der Waals surface area contributed by atoms with Crippen LogP contribution in [0.15, 0.2) is 18.2 Å². The van der Waals surface area contributed by atoms with Gasteiger partial charge in [-0.1, -0.05) is 0 Å². The Hall–Kier alpha value is -2.48. The number of hydrogen-bond donors (Lipinski definition) is 2. The molecule has 8 nitrogen and oxygen atoms in total. The molecule has 2 N–H and O–H groups in total. The van der Waals surface area contributed by atoms with Crippen LogP contribution in [-0.4, -0.2) is 37.5 Å².